The second-order valence-corrected chi connectivity index (χ2v) is 5.91. The average molecular weight is 306 g/mol. The molecule has 1 fully saturated rings. The first-order valence-electron chi connectivity index (χ1n) is 7.97. The lowest BCUT2D eigenvalue weighted by atomic mass is 10.0. The van der Waals surface area contributed by atoms with E-state index in [4.69, 9.17) is 4.74 Å². The van der Waals surface area contributed by atoms with E-state index in [0.29, 0.717) is 6.61 Å². The van der Waals surface area contributed by atoms with E-state index in [1.165, 1.54) is 0 Å². The minimum absolute atomic E-state index is 0.0181. The van der Waals surface area contributed by atoms with Crippen molar-refractivity contribution < 1.29 is 14.6 Å². The van der Waals surface area contributed by atoms with Crippen molar-refractivity contribution in [3.05, 3.63) is 24.3 Å². The number of likely N-dealkylation sites (tertiary alicyclic amines) is 1. The summed E-state index contributed by atoms with van der Waals surface area (Å²) in [6, 6.07) is 7.19. The van der Waals surface area contributed by atoms with E-state index in [9.17, 15) is 9.90 Å². The Hall–Kier alpha value is -1.59. The summed E-state index contributed by atoms with van der Waals surface area (Å²) >= 11 is 0. The molecular formula is C17H26N2O3. The maximum Gasteiger partial charge on any atom is 0.241 e. The van der Waals surface area contributed by atoms with Gasteiger partial charge in [-0.15, -0.1) is 0 Å². The molecule has 3 atom stereocenters. The molecule has 0 aromatic heterocycles. The lowest BCUT2D eigenvalue weighted by Crippen LogP contribution is -2.41. The Morgan fingerprint density at radius 1 is 1.41 bits per heavy atom. The van der Waals surface area contributed by atoms with E-state index in [2.05, 4.69) is 10.2 Å². The number of nitrogens with one attached hydrogen (secondary N) is 1. The molecule has 1 aromatic rings. The molecule has 0 aliphatic carbocycles. The van der Waals surface area contributed by atoms with Gasteiger partial charge in [0.05, 0.1) is 18.8 Å². The molecule has 1 saturated heterocycles. The van der Waals surface area contributed by atoms with Crippen LogP contribution >= 0.6 is 0 Å². The van der Waals surface area contributed by atoms with Crippen molar-refractivity contribution in [3.8, 4) is 5.75 Å². The highest BCUT2D eigenvalue weighted by molar-refractivity contribution is 5.94. The Morgan fingerprint density at radius 2 is 2.09 bits per heavy atom. The molecule has 1 aliphatic rings. The minimum Gasteiger partial charge on any atom is -0.494 e. The molecule has 1 amide bonds. The highest BCUT2D eigenvalue weighted by Crippen LogP contribution is 2.22. The van der Waals surface area contributed by atoms with Crippen LogP contribution < -0.4 is 10.1 Å². The van der Waals surface area contributed by atoms with Crippen molar-refractivity contribution in [3.63, 3.8) is 0 Å². The summed E-state index contributed by atoms with van der Waals surface area (Å²) in [6.45, 7) is 7.92. The molecule has 1 aromatic carbocycles. The fourth-order valence-corrected chi connectivity index (χ4v) is 2.77. The summed E-state index contributed by atoms with van der Waals surface area (Å²) in [5.74, 6) is 1.05. The minimum atomic E-state index is -0.314. The third kappa shape index (κ3) is 4.21. The SMILES string of the molecule is CCOc1ccc(NC(=O)C(C)N2CCC(C(C)O)C2)cc1. The fraction of sp³-hybridized carbons (Fsp3) is 0.588. The molecule has 2 rings (SSSR count). The molecule has 5 heteroatoms. The van der Waals surface area contributed by atoms with Gasteiger partial charge in [0.15, 0.2) is 0 Å². The van der Waals surface area contributed by atoms with E-state index in [1.54, 1.807) is 0 Å². The topological polar surface area (TPSA) is 61.8 Å². The number of amides is 1. The molecule has 1 heterocycles. The smallest absolute Gasteiger partial charge is 0.241 e. The molecular weight excluding hydrogens is 280 g/mol. The van der Waals surface area contributed by atoms with Gasteiger partial charge in [-0.3, -0.25) is 9.69 Å². The van der Waals surface area contributed by atoms with E-state index in [0.717, 1.165) is 30.9 Å². The van der Waals surface area contributed by atoms with Crippen LogP contribution in [0.25, 0.3) is 0 Å². The quantitative estimate of drug-likeness (QED) is 0.845. The van der Waals surface area contributed by atoms with Crippen molar-refractivity contribution in [2.24, 2.45) is 5.92 Å². The summed E-state index contributed by atoms with van der Waals surface area (Å²) < 4.78 is 5.38. The van der Waals surface area contributed by atoms with Gasteiger partial charge in [-0.25, -0.2) is 0 Å². The summed E-state index contributed by atoms with van der Waals surface area (Å²) in [5.41, 5.74) is 0.770. The summed E-state index contributed by atoms with van der Waals surface area (Å²) in [5, 5.41) is 12.6. The van der Waals surface area contributed by atoms with E-state index < -0.39 is 0 Å². The number of aliphatic hydroxyl groups is 1. The lowest BCUT2D eigenvalue weighted by molar-refractivity contribution is -0.120. The van der Waals surface area contributed by atoms with Gasteiger partial charge < -0.3 is 15.2 Å². The summed E-state index contributed by atoms with van der Waals surface area (Å²) in [7, 11) is 0. The van der Waals surface area contributed by atoms with E-state index in [1.807, 2.05) is 45.0 Å². The van der Waals surface area contributed by atoms with Gasteiger partial charge in [0, 0.05) is 12.2 Å². The zero-order valence-corrected chi connectivity index (χ0v) is 13.6. The van der Waals surface area contributed by atoms with Crippen molar-refractivity contribution >= 4 is 11.6 Å². The number of nitrogens with zero attached hydrogens (tertiary/aromatic N) is 1. The molecule has 5 nitrogen and oxygen atoms in total. The van der Waals surface area contributed by atoms with Crippen molar-refractivity contribution in [2.45, 2.75) is 39.3 Å². The highest BCUT2D eigenvalue weighted by atomic mass is 16.5. The van der Waals surface area contributed by atoms with E-state index in [-0.39, 0.29) is 24.0 Å². The molecule has 22 heavy (non-hydrogen) atoms. The Kier molecular flexibility index (Phi) is 5.80. The van der Waals surface area contributed by atoms with Crippen LogP contribution in [0.15, 0.2) is 24.3 Å². The Labute approximate surface area is 132 Å². The number of hydrogen-bond donors (Lipinski definition) is 2. The lowest BCUT2D eigenvalue weighted by Gasteiger charge is -2.24. The number of anilines is 1. The van der Waals surface area contributed by atoms with Gasteiger partial charge >= 0.3 is 0 Å². The van der Waals surface area contributed by atoms with Crippen LogP contribution in [0.2, 0.25) is 0 Å². The van der Waals surface area contributed by atoms with Crippen LogP contribution in [0.5, 0.6) is 5.75 Å². The van der Waals surface area contributed by atoms with Crippen LogP contribution in [0, 0.1) is 5.92 Å². The maximum absolute atomic E-state index is 12.3. The zero-order chi connectivity index (χ0) is 16.1. The number of rotatable bonds is 6. The second-order valence-electron chi connectivity index (χ2n) is 5.91. The predicted molar refractivity (Wildman–Crippen MR) is 87.1 cm³/mol. The molecule has 3 unspecified atom stereocenters. The first kappa shape index (κ1) is 16.8. The van der Waals surface area contributed by atoms with Gasteiger partial charge in [0.25, 0.3) is 0 Å². The Morgan fingerprint density at radius 3 is 2.64 bits per heavy atom. The third-order valence-electron chi connectivity index (χ3n) is 4.30. The number of ether oxygens (including phenoxy) is 1. The van der Waals surface area contributed by atoms with Crippen molar-refractivity contribution in [2.75, 3.05) is 25.0 Å². The van der Waals surface area contributed by atoms with Crippen LogP contribution in [0.1, 0.15) is 27.2 Å². The molecule has 0 spiro atoms. The molecule has 2 N–H and O–H groups in total. The van der Waals surface area contributed by atoms with E-state index >= 15 is 0 Å². The van der Waals surface area contributed by atoms with Gasteiger partial charge in [-0.2, -0.15) is 0 Å². The normalized spacial score (nSPS) is 21.4. The molecule has 122 valence electrons. The van der Waals surface area contributed by atoms with Crippen LogP contribution in [0.4, 0.5) is 5.69 Å². The summed E-state index contributed by atoms with van der Waals surface area (Å²) in [4.78, 5) is 14.5. The van der Waals surface area contributed by atoms with Gasteiger partial charge in [0.2, 0.25) is 5.91 Å². The number of carbonyl (C=O) groups is 1. The van der Waals surface area contributed by atoms with Crippen molar-refractivity contribution in [1.29, 1.82) is 0 Å². The number of benzene rings is 1. The highest BCUT2D eigenvalue weighted by Gasteiger charge is 2.31. The third-order valence-corrected chi connectivity index (χ3v) is 4.30. The van der Waals surface area contributed by atoms with Crippen LogP contribution in [-0.2, 0) is 4.79 Å². The van der Waals surface area contributed by atoms with Crippen LogP contribution in [-0.4, -0.2) is 47.8 Å². The van der Waals surface area contributed by atoms with Gasteiger partial charge in [0.1, 0.15) is 5.75 Å². The van der Waals surface area contributed by atoms with Crippen LogP contribution in [0.3, 0.4) is 0 Å². The molecule has 0 saturated carbocycles. The molecule has 0 bridgehead atoms. The Bertz CT molecular complexity index is 487. The first-order valence-corrected chi connectivity index (χ1v) is 7.97. The zero-order valence-electron chi connectivity index (χ0n) is 13.6. The fourth-order valence-electron chi connectivity index (χ4n) is 2.77. The largest absolute Gasteiger partial charge is 0.494 e. The maximum atomic E-state index is 12.3. The monoisotopic (exact) mass is 306 g/mol. The predicted octanol–water partition coefficient (Wildman–Crippen LogP) is 2.11. The van der Waals surface area contributed by atoms with Gasteiger partial charge in [-0.1, -0.05) is 0 Å². The van der Waals surface area contributed by atoms with Crippen molar-refractivity contribution in [1.82, 2.24) is 4.90 Å². The number of hydrogen-bond acceptors (Lipinski definition) is 4. The Balaban J connectivity index is 1.88. The second kappa shape index (κ2) is 7.61. The standard InChI is InChI=1S/C17H26N2O3/c1-4-22-16-7-5-15(6-8-16)18-17(21)12(2)19-10-9-14(11-19)13(3)20/h5-8,12-14,20H,4,9-11H2,1-3H3,(H,18,21). The molecule has 0 radical (unpaired) electrons. The summed E-state index contributed by atoms with van der Waals surface area (Å²) in [6.07, 6.45) is 0.629. The van der Waals surface area contributed by atoms with Gasteiger partial charge in [-0.05, 0) is 63.9 Å². The average Bonchev–Trinajstić information content (AvgIpc) is 2.99. The number of carbonyl (C=O) groups excluding carboxylic acids is 1. The number of aliphatic hydroxyl groups excluding tert-OH is 1. The molecule has 1 aliphatic heterocycles. The first-order chi connectivity index (χ1) is 10.5.